The highest BCUT2D eigenvalue weighted by molar-refractivity contribution is 5.27. The minimum atomic E-state index is -4.55. The SMILES string of the molecule is C[C@H](NCc1cc(F)cc(C(F)(F)F)c1)c1ccncc1. The van der Waals surface area contributed by atoms with Crippen LogP contribution in [0, 0.1) is 5.82 Å². The maximum absolute atomic E-state index is 13.3. The van der Waals surface area contributed by atoms with E-state index in [1.165, 1.54) is 0 Å². The van der Waals surface area contributed by atoms with Gasteiger partial charge in [0.2, 0.25) is 0 Å². The van der Waals surface area contributed by atoms with Gasteiger partial charge in [0, 0.05) is 25.0 Å². The van der Waals surface area contributed by atoms with Crippen LogP contribution in [-0.4, -0.2) is 4.98 Å². The van der Waals surface area contributed by atoms with Crippen molar-refractivity contribution < 1.29 is 17.6 Å². The minimum Gasteiger partial charge on any atom is -0.306 e. The predicted molar refractivity (Wildman–Crippen MR) is 70.9 cm³/mol. The van der Waals surface area contributed by atoms with Crippen molar-refractivity contribution >= 4 is 0 Å². The third-order valence-corrected chi connectivity index (χ3v) is 3.10. The van der Waals surface area contributed by atoms with E-state index >= 15 is 0 Å². The third kappa shape index (κ3) is 4.26. The highest BCUT2D eigenvalue weighted by Crippen LogP contribution is 2.30. The van der Waals surface area contributed by atoms with Crippen molar-refractivity contribution in [1.82, 2.24) is 10.3 Å². The topological polar surface area (TPSA) is 24.9 Å². The summed E-state index contributed by atoms with van der Waals surface area (Å²) in [5, 5.41) is 3.06. The van der Waals surface area contributed by atoms with Gasteiger partial charge in [-0.2, -0.15) is 13.2 Å². The van der Waals surface area contributed by atoms with Crippen LogP contribution in [-0.2, 0) is 12.7 Å². The maximum atomic E-state index is 13.3. The molecule has 1 aromatic carbocycles. The number of benzene rings is 1. The van der Waals surface area contributed by atoms with Crippen LogP contribution in [0.3, 0.4) is 0 Å². The van der Waals surface area contributed by atoms with Crippen molar-refractivity contribution in [2.45, 2.75) is 25.7 Å². The molecule has 0 fully saturated rings. The molecule has 21 heavy (non-hydrogen) atoms. The van der Waals surface area contributed by atoms with E-state index in [0.717, 1.165) is 17.7 Å². The van der Waals surface area contributed by atoms with E-state index in [9.17, 15) is 17.6 Å². The second-order valence-corrected chi connectivity index (χ2v) is 4.73. The van der Waals surface area contributed by atoms with Gasteiger partial charge < -0.3 is 5.32 Å². The molecule has 1 N–H and O–H groups in total. The first kappa shape index (κ1) is 15.4. The molecule has 0 amide bonds. The summed E-state index contributed by atoms with van der Waals surface area (Å²) in [6, 6.07) is 6.09. The Labute approximate surface area is 119 Å². The Hall–Kier alpha value is -1.95. The van der Waals surface area contributed by atoms with E-state index in [0.29, 0.717) is 6.07 Å². The normalized spacial score (nSPS) is 13.2. The lowest BCUT2D eigenvalue weighted by atomic mass is 10.1. The summed E-state index contributed by atoms with van der Waals surface area (Å²) >= 11 is 0. The molecule has 0 radical (unpaired) electrons. The van der Waals surface area contributed by atoms with Crippen LogP contribution < -0.4 is 5.32 Å². The number of nitrogens with zero attached hydrogens (tertiary/aromatic N) is 1. The first-order chi connectivity index (χ1) is 9.86. The molecule has 0 saturated heterocycles. The Balaban J connectivity index is 2.08. The van der Waals surface area contributed by atoms with Crippen LogP contribution in [0.15, 0.2) is 42.7 Å². The van der Waals surface area contributed by atoms with Gasteiger partial charge in [-0.3, -0.25) is 4.98 Å². The zero-order chi connectivity index (χ0) is 15.5. The number of alkyl halides is 3. The average molecular weight is 298 g/mol. The summed E-state index contributed by atoms with van der Waals surface area (Å²) in [5.41, 5.74) is 0.233. The van der Waals surface area contributed by atoms with Gasteiger partial charge in [0.15, 0.2) is 0 Å². The molecule has 2 nitrogen and oxygen atoms in total. The maximum Gasteiger partial charge on any atom is 0.416 e. The Morgan fingerprint density at radius 3 is 2.43 bits per heavy atom. The van der Waals surface area contributed by atoms with Gasteiger partial charge in [0.05, 0.1) is 5.56 Å². The summed E-state index contributed by atoms with van der Waals surface area (Å²) in [5.74, 6) is -0.891. The highest BCUT2D eigenvalue weighted by atomic mass is 19.4. The van der Waals surface area contributed by atoms with E-state index < -0.39 is 17.6 Å². The molecule has 0 unspecified atom stereocenters. The van der Waals surface area contributed by atoms with Crippen molar-refractivity contribution in [3.05, 3.63) is 65.2 Å². The summed E-state index contributed by atoms with van der Waals surface area (Å²) in [6.45, 7) is 2.02. The van der Waals surface area contributed by atoms with Gasteiger partial charge in [-0.1, -0.05) is 0 Å². The molecule has 112 valence electrons. The van der Waals surface area contributed by atoms with Crippen molar-refractivity contribution in [2.75, 3.05) is 0 Å². The number of pyridine rings is 1. The molecule has 0 saturated carbocycles. The number of nitrogens with one attached hydrogen (secondary N) is 1. The average Bonchev–Trinajstić information content (AvgIpc) is 2.44. The Morgan fingerprint density at radius 1 is 1.14 bits per heavy atom. The number of hydrogen-bond acceptors (Lipinski definition) is 2. The van der Waals surface area contributed by atoms with Gasteiger partial charge >= 0.3 is 6.18 Å². The lowest BCUT2D eigenvalue weighted by Gasteiger charge is -2.15. The zero-order valence-corrected chi connectivity index (χ0v) is 11.3. The summed E-state index contributed by atoms with van der Waals surface area (Å²) in [4.78, 5) is 3.89. The van der Waals surface area contributed by atoms with Crippen LogP contribution >= 0.6 is 0 Å². The number of aromatic nitrogens is 1. The van der Waals surface area contributed by atoms with E-state index in [2.05, 4.69) is 10.3 Å². The number of rotatable bonds is 4. The molecule has 0 aliphatic rings. The van der Waals surface area contributed by atoms with Crippen molar-refractivity contribution in [2.24, 2.45) is 0 Å². The molecule has 0 spiro atoms. The number of halogens is 4. The fourth-order valence-electron chi connectivity index (χ4n) is 1.96. The lowest BCUT2D eigenvalue weighted by Crippen LogP contribution is -2.18. The highest BCUT2D eigenvalue weighted by Gasteiger charge is 2.31. The molecular formula is C15H14F4N2. The Bertz CT molecular complexity index is 596. The van der Waals surface area contributed by atoms with Crippen LogP contribution in [0.1, 0.15) is 29.7 Å². The molecule has 1 heterocycles. The van der Waals surface area contributed by atoms with Crippen LogP contribution in [0.25, 0.3) is 0 Å². The smallest absolute Gasteiger partial charge is 0.306 e. The Kier molecular flexibility index (Phi) is 4.57. The first-order valence-electron chi connectivity index (χ1n) is 6.36. The molecular weight excluding hydrogens is 284 g/mol. The Morgan fingerprint density at radius 2 is 1.81 bits per heavy atom. The lowest BCUT2D eigenvalue weighted by molar-refractivity contribution is -0.137. The molecule has 2 rings (SSSR count). The predicted octanol–water partition coefficient (Wildman–Crippen LogP) is 4.09. The first-order valence-corrected chi connectivity index (χ1v) is 6.36. The largest absolute Gasteiger partial charge is 0.416 e. The van der Waals surface area contributed by atoms with E-state index in [-0.39, 0.29) is 18.2 Å². The minimum absolute atomic E-state index is 0.0781. The van der Waals surface area contributed by atoms with Gasteiger partial charge in [-0.25, -0.2) is 4.39 Å². The molecule has 1 atom stereocenters. The molecule has 0 aliphatic carbocycles. The second kappa shape index (κ2) is 6.22. The molecule has 6 heteroatoms. The van der Waals surface area contributed by atoms with E-state index in [4.69, 9.17) is 0 Å². The zero-order valence-electron chi connectivity index (χ0n) is 11.3. The van der Waals surface area contributed by atoms with Crippen LogP contribution in [0.2, 0.25) is 0 Å². The van der Waals surface area contributed by atoms with Gasteiger partial charge in [-0.05, 0) is 48.4 Å². The van der Waals surface area contributed by atoms with Crippen molar-refractivity contribution in [1.29, 1.82) is 0 Å². The summed E-state index contributed by atoms with van der Waals surface area (Å²) in [7, 11) is 0. The molecule has 0 bridgehead atoms. The fraction of sp³-hybridized carbons (Fsp3) is 0.267. The third-order valence-electron chi connectivity index (χ3n) is 3.10. The van der Waals surface area contributed by atoms with Gasteiger partial charge in [0.25, 0.3) is 0 Å². The quantitative estimate of drug-likeness (QED) is 0.860. The molecule has 2 aromatic rings. The van der Waals surface area contributed by atoms with Gasteiger partial charge in [0.1, 0.15) is 5.82 Å². The monoisotopic (exact) mass is 298 g/mol. The van der Waals surface area contributed by atoms with Crippen LogP contribution in [0.4, 0.5) is 17.6 Å². The van der Waals surface area contributed by atoms with Gasteiger partial charge in [-0.15, -0.1) is 0 Å². The summed E-state index contributed by atoms with van der Waals surface area (Å²) < 4.78 is 51.1. The molecule has 0 aliphatic heterocycles. The van der Waals surface area contributed by atoms with E-state index in [1.54, 1.807) is 12.4 Å². The second-order valence-electron chi connectivity index (χ2n) is 4.73. The number of hydrogen-bond donors (Lipinski definition) is 1. The van der Waals surface area contributed by atoms with E-state index in [1.807, 2.05) is 19.1 Å². The van der Waals surface area contributed by atoms with Crippen LogP contribution in [0.5, 0.6) is 0 Å². The fourth-order valence-corrected chi connectivity index (χ4v) is 1.96. The summed E-state index contributed by atoms with van der Waals surface area (Å²) in [6.07, 6.45) is -1.28. The standard InChI is InChI=1S/C15H14F4N2/c1-10(12-2-4-20-5-3-12)21-9-11-6-13(15(17,18)19)8-14(16)7-11/h2-8,10,21H,9H2,1H3/t10-/m0/s1. The van der Waals surface area contributed by atoms with Crippen molar-refractivity contribution in [3.63, 3.8) is 0 Å². The molecule has 1 aromatic heterocycles. The van der Waals surface area contributed by atoms with Crippen molar-refractivity contribution in [3.8, 4) is 0 Å².